The van der Waals surface area contributed by atoms with Gasteiger partial charge in [0.2, 0.25) is 5.78 Å². The molecule has 38 heavy (non-hydrogen) atoms. The second-order valence-electron chi connectivity index (χ2n) is 10.7. The Morgan fingerprint density at radius 2 is 1.95 bits per heavy atom. The molecule has 1 aliphatic heterocycles. The van der Waals surface area contributed by atoms with Crippen molar-refractivity contribution in [2.24, 2.45) is 16.7 Å². The zero-order valence-corrected chi connectivity index (χ0v) is 21.9. The van der Waals surface area contributed by atoms with E-state index in [0.717, 1.165) is 0 Å². The molecule has 0 amide bonds. The number of carbonyl (C=O) groups excluding carboxylic acids is 4. The number of methoxy groups -OCH3 is 1. The van der Waals surface area contributed by atoms with Gasteiger partial charge in [0.1, 0.15) is 18.0 Å². The van der Waals surface area contributed by atoms with E-state index in [2.05, 4.69) is 5.32 Å². The Morgan fingerprint density at radius 1 is 1.24 bits per heavy atom. The van der Waals surface area contributed by atoms with Gasteiger partial charge in [-0.25, -0.2) is 4.79 Å². The van der Waals surface area contributed by atoms with Crippen molar-refractivity contribution < 1.29 is 48.4 Å². The number of aliphatic hydroxyl groups excluding tert-OH is 1. The van der Waals surface area contributed by atoms with Crippen LogP contribution in [0.4, 0.5) is 0 Å². The number of carboxylic acid groups (broad SMARTS) is 1. The molecular formula is C27H33NO10. The zero-order chi connectivity index (χ0) is 28.0. The number of esters is 2. The van der Waals surface area contributed by atoms with Crippen molar-refractivity contribution in [1.82, 2.24) is 5.32 Å². The van der Waals surface area contributed by atoms with E-state index >= 15 is 0 Å². The molecule has 11 heteroatoms. The van der Waals surface area contributed by atoms with Crippen LogP contribution in [0.3, 0.4) is 0 Å². The third-order valence-electron chi connectivity index (χ3n) is 8.38. The van der Waals surface area contributed by atoms with Gasteiger partial charge in [-0.15, -0.1) is 0 Å². The lowest BCUT2D eigenvalue weighted by atomic mass is 9.53. The molecule has 3 N–H and O–H groups in total. The smallest absolute Gasteiger partial charge is 0.340 e. The highest BCUT2D eigenvalue weighted by atomic mass is 16.6. The first kappa shape index (κ1) is 27.6. The van der Waals surface area contributed by atoms with Gasteiger partial charge < -0.3 is 29.7 Å². The van der Waals surface area contributed by atoms with E-state index in [-0.39, 0.29) is 61.3 Å². The predicted octanol–water partition coefficient (Wildman–Crippen LogP) is 1.91. The van der Waals surface area contributed by atoms with Gasteiger partial charge in [-0.3, -0.25) is 19.2 Å². The molecule has 1 saturated carbocycles. The number of nitrogens with one attached hydrogen (secondary N) is 1. The molecule has 0 aromatic rings. The molecule has 5 atom stereocenters. The standard InChI is InChI=1S/C27H33NO10/c1-13(29)37-16-10-26(2)15(7-8-17(26)30)20-22(16)27(3)18(12-36-4)38-25(35)14(21(27)24(34)23(20)33)11-28-9-5-6-19(31)32/h11,15-16,18,28,34H,5-10,12H2,1-4H3,(H,31,32)/b14-11+. The van der Waals surface area contributed by atoms with Gasteiger partial charge in [-0.2, -0.15) is 0 Å². The van der Waals surface area contributed by atoms with Crippen LogP contribution >= 0.6 is 0 Å². The Labute approximate surface area is 219 Å². The second kappa shape index (κ2) is 10.0. The SMILES string of the molecule is COCC1OC(=O)/C(=C/NCCCC(=O)O)C2=C(O)C(=O)C3=C(C(OC(C)=O)CC4(C)C(=O)CCC34)C21C. The largest absolute Gasteiger partial charge is 0.504 e. The van der Waals surface area contributed by atoms with E-state index in [1.165, 1.54) is 20.2 Å². The van der Waals surface area contributed by atoms with Crippen LogP contribution in [0.15, 0.2) is 34.3 Å². The Kier molecular flexibility index (Phi) is 7.26. The van der Waals surface area contributed by atoms with Crippen molar-refractivity contribution in [3.63, 3.8) is 0 Å². The minimum Gasteiger partial charge on any atom is -0.504 e. The summed E-state index contributed by atoms with van der Waals surface area (Å²) < 4.78 is 16.9. The molecule has 4 rings (SSSR count). The maximum absolute atomic E-state index is 13.8. The van der Waals surface area contributed by atoms with Crippen molar-refractivity contribution in [2.45, 2.75) is 65.1 Å². The summed E-state index contributed by atoms with van der Waals surface area (Å²) in [5.74, 6) is -4.23. The number of cyclic esters (lactones) is 1. The van der Waals surface area contributed by atoms with E-state index in [1.807, 2.05) is 0 Å². The van der Waals surface area contributed by atoms with Crippen LogP contribution in [0.2, 0.25) is 0 Å². The number of carboxylic acids is 1. The van der Waals surface area contributed by atoms with Crippen LogP contribution in [0.1, 0.15) is 52.9 Å². The van der Waals surface area contributed by atoms with Crippen molar-refractivity contribution in [2.75, 3.05) is 20.3 Å². The Balaban J connectivity index is 1.89. The third-order valence-corrected chi connectivity index (χ3v) is 8.38. The molecule has 0 aromatic heterocycles. The minimum atomic E-state index is -1.32. The van der Waals surface area contributed by atoms with Crippen LogP contribution in [-0.2, 0) is 38.2 Å². The monoisotopic (exact) mass is 531 g/mol. The number of ether oxygens (including phenoxy) is 3. The lowest BCUT2D eigenvalue weighted by molar-refractivity contribution is -0.160. The topological polar surface area (TPSA) is 166 Å². The first-order chi connectivity index (χ1) is 17.9. The minimum absolute atomic E-state index is 0.0235. The van der Waals surface area contributed by atoms with Crippen molar-refractivity contribution in [1.29, 1.82) is 0 Å². The Morgan fingerprint density at radius 3 is 2.58 bits per heavy atom. The molecule has 3 aliphatic carbocycles. The highest BCUT2D eigenvalue weighted by Gasteiger charge is 2.64. The van der Waals surface area contributed by atoms with Gasteiger partial charge in [0, 0.05) is 68.5 Å². The van der Waals surface area contributed by atoms with Gasteiger partial charge in [0.05, 0.1) is 17.6 Å². The number of hydrogen-bond acceptors (Lipinski definition) is 10. The van der Waals surface area contributed by atoms with Gasteiger partial charge in [-0.05, 0) is 25.3 Å². The number of aliphatic hydroxyl groups is 1. The van der Waals surface area contributed by atoms with Crippen LogP contribution in [0.25, 0.3) is 0 Å². The number of allylic oxidation sites excluding steroid dienone is 1. The lowest BCUT2D eigenvalue weighted by Crippen LogP contribution is -2.57. The van der Waals surface area contributed by atoms with Crippen molar-refractivity contribution >= 4 is 29.5 Å². The van der Waals surface area contributed by atoms with Crippen molar-refractivity contribution in [3.05, 3.63) is 34.3 Å². The van der Waals surface area contributed by atoms with Gasteiger partial charge in [0.15, 0.2) is 5.76 Å². The number of hydrogen-bond donors (Lipinski definition) is 3. The van der Waals surface area contributed by atoms with E-state index in [1.54, 1.807) is 13.8 Å². The quantitative estimate of drug-likeness (QED) is 0.238. The predicted molar refractivity (Wildman–Crippen MR) is 131 cm³/mol. The highest BCUT2D eigenvalue weighted by molar-refractivity contribution is 6.14. The summed E-state index contributed by atoms with van der Waals surface area (Å²) >= 11 is 0. The molecule has 4 aliphatic rings. The van der Waals surface area contributed by atoms with Crippen LogP contribution in [0, 0.1) is 16.7 Å². The summed E-state index contributed by atoms with van der Waals surface area (Å²) in [7, 11) is 1.43. The summed E-state index contributed by atoms with van der Waals surface area (Å²) in [6, 6.07) is 0. The molecule has 1 heterocycles. The van der Waals surface area contributed by atoms with Crippen LogP contribution in [-0.4, -0.2) is 72.2 Å². The fourth-order valence-corrected chi connectivity index (χ4v) is 6.61. The molecule has 11 nitrogen and oxygen atoms in total. The zero-order valence-electron chi connectivity index (χ0n) is 21.9. The number of aliphatic carboxylic acids is 1. The molecular weight excluding hydrogens is 498 g/mol. The van der Waals surface area contributed by atoms with Crippen LogP contribution in [0.5, 0.6) is 0 Å². The van der Waals surface area contributed by atoms with E-state index in [9.17, 15) is 29.1 Å². The fraction of sp³-hybridized carbons (Fsp3) is 0.593. The molecule has 0 spiro atoms. The average Bonchev–Trinajstić information content (AvgIpc) is 3.12. The van der Waals surface area contributed by atoms with Gasteiger partial charge >= 0.3 is 17.9 Å². The first-order valence-corrected chi connectivity index (χ1v) is 12.7. The van der Waals surface area contributed by atoms with E-state index in [4.69, 9.17) is 19.3 Å². The molecule has 0 aromatic carbocycles. The summed E-state index contributed by atoms with van der Waals surface area (Å²) in [5, 5.41) is 23.1. The van der Waals surface area contributed by atoms with Crippen LogP contribution < -0.4 is 5.32 Å². The first-order valence-electron chi connectivity index (χ1n) is 12.7. The fourth-order valence-electron chi connectivity index (χ4n) is 6.61. The number of Topliss-reactive ketones (excluding diaryl/α,β-unsaturated/α-hetero) is 2. The molecule has 1 saturated heterocycles. The number of fused-ring (bicyclic) bond motifs is 4. The normalized spacial score (nSPS) is 33.5. The van der Waals surface area contributed by atoms with E-state index < -0.39 is 58.4 Å². The summed E-state index contributed by atoms with van der Waals surface area (Å²) in [4.78, 5) is 62.9. The molecule has 2 fully saturated rings. The molecule has 0 bridgehead atoms. The molecule has 0 radical (unpaired) electrons. The Bertz CT molecular complexity index is 1200. The number of ketones is 2. The summed E-state index contributed by atoms with van der Waals surface area (Å²) in [6.45, 7) is 4.86. The van der Waals surface area contributed by atoms with Gasteiger partial charge in [0.25, 0.3) is 0 Å². The number of rotatable bonds is 8. The summed E-state index contributed by atoms with van der Waals surface area (Å²) in [5.41, 5.74) is -1.70. The third kappa shape index (κ3) is 4.22. The second-order valence-corrected chi connectivity index (χ2v) is 10.7. The van der Waals surface area contributed by atoms with E-state index in [0.29, 0.717) is 12.0 Å². The van der Waals surface area contributed by atoms with Gasteiger partial charge in [-0.1, -0.05) is 6.92 Å². The lowest BCUT2D eigenvalue weighted by Gasteiger charge is -2.53. The maximum Gasteiger partial charge on any atom is 0.340 e. The number of carbonyl (C=O) groups is 5. The maximum atomic E-state index is 13.8. The summed E-state index contributed by atoms with van der Waals surface area (Å²) in [6.07, 6.45) is 0.388. The molecule has 5 unspecified atom stereocenters. The Hall–Kier alpha value is -3.47. The average molecular weight is 532 g/mol. The highest BCUT2D eigenvalue weighted by Crippen LogP contribution is 2.62. The van der Waals surface area contributed by atoms with Crippen molar-refractivity contribution in [3.8, 4) is 0 Å². The molecule has 206 valence electrons.